The third kappa shape index (κ3) is 3.07. The van der Waals surface area contributed by atoms with Gasteiger partial charge in [-0.2, -0.15) is 4.73 Å². The van der Waals surface area contributed by atoms with Crippen molar-refractivity contribution in [1.82, 2.24) is 14.9 Å². The maximum atomic E-state index is 12.3. The van der Waals surface area contributed by atoms with E-state index in [1.807, 2.05) is 0 Å². The van der Waals surface area contributed by atoms with Crippen LogP contribution in [0.4, 0.5) is 0 Å². The third-order valence-corrected chi connectivity index (χ3v) is 3.30. The lowest BCUT2D eigenvalue weighted by Crippen LogP contribution is -2.33. The molecule has 0 radical (unpaired) electrons. The van der Waals surface area contributed by atoms with E-state index in [4.69, 9.17) is 4.74 Å². The summed E-state index contributed by atoms with van der Waals surface area (Å²) in [6, 6.07) is 4.88. The Morgan fingerprint density at radius 2 is 2.38 bits per heavy atom. The van der Waals surface area contributed by atoms with Crippen molar-refractivity contribution in [1.29, 1.82) is 0 Å². The zero-order valence-electron chi connectivity index (χ0n) is 11.3. The molecular formula is C14H14N4O3. The first-order valence-electron chi connectivity index (χ1n) is 6.63. The molecule has 1 fully saturated rings. The number of rotatable bonds is 3. The van der Waals surface area contributed by atoms with Gasteiger partial charge in [0.25, 0.3) is 5.91 Å². The van der Waals surface area contributed by atoms with Crippen LogP contribution in [0.15, 0.2) is 43.1 Å². The van der Waals surface area contributed by atoms with Gasteiger partial charge in [-0.05, 0) is 6.07 Å². The van der Waals surface area contributed by atoms with Gasteiger partial charge in [-0.25, -0.2) is 9.97 Å². The average molecular weight is 286 g/mol. The highest BCUT2D eigenvalue weighted by Crippen LogP contribution is 2.17. The molecule has 2 aromatic heterocycles. The topological polar surface area (TPSA) is 82.3 Å². The molecular weight excluding hydrogens is 272 g/mol. The molecule has 0 bridgehead atoms. The lowest BCUT2D eigenvalue weighted by Gasteiger charge is -2.16. The summed E-state index contributed by atoms with van der Waals surface area (Å²) in [5.41, 5.74) is 0.384. The maximum absolute atomic E-state index is 12.3. The number of carbonyl (C=O) groups excluding carboxylic acids is 1. The van der Waals surface area contributed by atoms with E-state index >= 15 is 0 Å². The van der Waals surface area contributed by atoms with Crippen LogP contribution in [0.5, 0.6) is 5.88 Å². The molecule has 1 atom stereocenters. The molecule has 0 saturated carbocycles. The number of nitrogens with zero attached hydrogens (tertiary/aromatic N) is 4. The van der Waals surface area contributed by atoms with E-state index in [1.165, 1.54) is 18.7 Å². The van der Waals surface area contributed by atoms with Crippen LogP contribution in [0.25, 0.3) is 0 Å². The van der Waals surface area contributed by atoms with E-state index in [1.54, 1.807) is 29.3 Å². The molecule has 1 saturated heterocycles. The number of amides is 1. The molecule has 7 heteroatoms. The number of likely N-dealkylation sites (tertiary alicyclic amines) is 1. The van der Waals surface area contributed by atoms with Crippen molar-refractivity contribution in [2.24, 2.45) is 0 Å². The Bertz CT molecular complexity index is 635. The Balaban J connectivity index is 1.63. The fourth-order valence-electron chi connectivity index (χ4n) is 2.29. The van der Waals surface area contributed by atoms with Gasteiger partial charge in [0.05, 0.1) is 6.54 Å². The molecule has 7 nitrogen and oxygen atoms in total. The summed E-state index contributed by atoms with van der Waals surface area (Å²) in [5, 5.41) is 11.2. The van der Waals surface area contributed by atoms with Gasteiger partial charge in [-0.1, -0.05) is 0 Å². The number of hydrogen-bond donors (Lipinski definition) is 0. The van der Waals surface area contributed by atoms with Crippen LogP contribution in [0.1, 0.15) is 16.8 Å². The Morgan fingerprint density at radius 1 is 1.48 bits per heavy atom. The Hall–Kier alpha value is -2.70. The standard InChI is InChI=1S/C14H14N4O3/c19-14(11-2-1-6-18(20)8-11)17-7-4-12(9-17)21-13-3-5-15-10-16-13/h1-3,5-6,8,10,12H,4,7,9H2/t12-/m1/s1. The number of ether oxygens (including phenoxy) is 1. The van der Waals surface area contributed by atoms with Gasteiger partial charge in [0.2, 0.25) is 5.88 Å². The Morgan fingerprint density at radius 3 is 3.14 bits per heavy atom. The third-order valence-electron chi connectivity index (χ3n) is 3.30. The highest BCUT2D eigenvalue weighted by molar-refractivity contribution is 5.93. The highest BCUT2D eigenvalue weighted by Gasteiger charge is 2.29. The summed E-state index contributed by atoms with van der Waals surface area (Å²) in [7, 11) is 0. The molecule has 21 heavy (non-hydrogen) atoms. The summed E-state index contributed by atoms with van der Waals surface area (Å²) < 4.78 is 6.33. The smallest absolute Gasteiger partial charge is 0.260 e. The predicted molar refractivity (Wildman–Crippen MR) is 72.4 cm³/mol. The summed E-state index contributed by atoms with van der Waals surface area (Å²) in [5.74, 6) is 0.343. The van der Waals surface area contributed by atoms with Crippen molar-refractivity contribution in [3.05, 3.63) is 53.9 Å². The van der Waals surface area contributed by atoms with Gasteiger partial charge in [-0.15, -0.1) is 0 Å². The van der Waals surface area contributed by atoms with Crippen molar-refractivity contribution < 1.29 is 14.3 Å². The SMILES string of the molecule is O=C(c1ccc[n+]([O-])c1)N1CC[C@@H](Oc2ccncn2)C1. The van der Waals surface area contributed by atoms with Crippen LogP contribution >= 0.6 is 0 Å². The fourth-order valence-corrected chi connectivity index (χ4v) is 2.29. The number of pyridine rings is 1. The molecule has 0 unspecified atom stereocenters. The molecule has 108 valence electrons. The average Bonchev–Trinajstić information content (AvgIpc) is 2.96. The lowest BCUT2D eigenvalue weighted by molar-refractivity contribution is -0.605. The van der Waals surface area contributed by atoms with E-state index in [0.29, 0.717) is 29.3 Å². The zero-order valence-corrected chi connectivity index (χ0v) is 11.3. The first-order chi connectivity index (χ1) is 10.2. The van der Waals surface area contributed by atoms with Crippen LogP contribution in [0.2, 0.25) is 0 Å². The van der Waals surface area contributed by atoms with E-state index in [0.717, 1.165) is 6.42 Å². The van der Waals surface area contributed by atoms with Crippen LogP contribution in [0.3, 0.4) is 0 Å². The van der Waals surface area contributed by atoms with Gasteiger partial charge in [0, 0.05) is 31.3 Å². The van der Waals surface area contributed by atoms with Crippen molar-refractivity contribution in [2.75, 3.05) is 13.1 Å². The second kappa shape index (κ2) is 5.74. The molecule has 1 amide bonds. The van der Waals surface area contributed by atoms with Gasteiger partial charge >= 0.3 is 0 Å². The number of aromatic nitrogens is 3. The second-order valence-electron chi connectivity index (χ2n) is 4.78. The van der Waals surface area contributed by atoms with Crippen LogP contribution in [-0.2, 0) is 0 Å². The minimum atomic E-state index is -0.158. The molecule has 0 aromatic carbocycles. The van der Waals surface area contributed by atoms with Crippen molar-refractivity contribution in [2.45, 2.75) is 12.5 Å². The normalized spacial score (nSPS) is 17.7. The zero-order chi connectivity index (χ0) is 14.7. The first kappa shape index (κ1) is 13.3. The number of carbonyl (C=O) groups is 1. The minimum absolute atomic E-state index is 0.0908. The summed E-state index contributed by atoms with van der Waals surface area (Å²) >= 11 is 0. The van der Waals surface area contributed by atoms with Crippen LogP contribution < -0.4 is 9.47 Å². The molecule has 0 N–H and O–H groups in total. The van der Waals surface area contributed by atoms with Crippen molar-refractivity contribution >= 4 is 5.91 Å². The minimum Gasteiger partial charge on any atom is -0.619 e. The summed E-state index contributed by atoms with van der Waals surface area (Å²) in [6.07, 6.45) is 6.30. The molecule has 0 aliphatic carbocycles. The number of hydrogen-bond acceptors (Lipinski definition) is 5. The largest absolute Gasteiger partial charge is 0.619 e. The molecule has 2 aromatic rings. The molecule has 3 heterocycles. The van der Waals surface area contributed by atoms with Crippen molar-refractivity contribution in [3.63, 3.8) is 0 Å². The fraction of sp³-hybridized carbons (Fsp3) is 0.286. The van der Waals surface area contributed by atoms with Crippen LogP contribution in [0, 0.1) is 5.21 Å². The highest BCUT2D eigenvalue weighted by atomic mass is 16.5. The first-order valence-corrected chi connectivity index (χ1v) is 6.63. The molecule has 3 rings (SSSR count). The summed E-state index contributed by atoms with van der Waals surface area (Å²) in [4.78, 5) is 21.8. The lowest BCUT2D eigenvalue weighted by atomic mass is 10.2. The Labute approximate surface area is 121 Å². The second-order valence-corrected chi connectivity index (χ2v) is 4.78. The van der Waals surface area contributed by atoms with Gasteiger partial charge in [0.15, 0.2) is 12.4 Å². The van der Waals surface area contributed by atoms with E-state index in [-0.39, 0.29) is 12.0 Å². The van der Waals surface area contributed by atoms with Gasteiger partial charge in [-0.3, -0.25) is 4.79 Å². The van der Waals surface area contributed by atoms with E-state index < -0.39 is 0 Å². The van der Waals surface area contributed by atoms with E-state index in [2.05, 4.69) is 9.97 Å². The maximum Gasteiger partial charge on any atom is 0.260 e. The van der Waals surface area contributed by atoms with Crippen molar-refractivity contribution in [3.8, 4) is 5.88 Å². The molecule has 1 aliphatic rings. The van der Waals surface area contributed by atoms with Crippen LogP contribution in [-0.4, -0.2) is 40.0 Å². The molecule has 1 aliphatic heterocycles. The quantitative estimate of drug-likeness (QED) is 0.602. The Kier molecular flexibility index (Phi) is 3.63. The monoisotopic (exact) mass is 286 g/mol. The van der Waals surface area contributed by atoms with Gasteiger partial charge in [0.1, 0.15) is 18.0 Å². The van der Waals surface area contributed by atoms with Gasteiger partial charge < -0.3 is 14.8 Å². The predicted octanol–water partition coefficient (Wildman–Crippen LogP) is 0.404. The van der Waals surface area contributed by atoms with E-state index in [9.17, 15) is 10.0 Å². The molecule has 0 spiro atoms. The summed E-state index contributed by atoms with van der Waals surface area (Å²) in [6.45, 7) is 1.08.